The van der Waals surface area contributed by atoms with E-state index < -0.39 is 21.0 Å². The van der Waals surface area contributed by atoms with Crippen molar-refractivity contribution in [3.05, 3.63) is 83.8 Å². The van der Waals surface area contributed by atoms with E-state index in [0.29, 0.717) is 11.3 Å². The summed E-state index contributed by atoms with van der Waals surface area (Å²) in [7, 11) is -3.79. The van der Waals surface area contributed by atoms with E-state index in [1.165, 1.54) is 6.26 Å². The van der Waals surface area contributed by atoms with Crippen molar-refractivity contribution in [1.29, 1.82) is 0 Å². The Kier molecular flexibility index (Phi) is 6.39. The highest BCUT2D eigenvalue weighted by Gasteiger charge is 2.33. The third kappa shape index (κ3) is 5.06. The zero-order valence-corrected chi connectivity index (χ0v) is 17.1. The molecule has 0 aliphatic heterocycles. The van der Waals surface area contributed by atoms with E-state index in [-0.39, 0.29) is 23.8 Å². The molecule has 2 aromatic carbocycles. The molecule has 7 heteroatoms. The highest BCUT2D eigenvalue weighted by molar-refractivity contribution is 7.91. The van der Waals surface area contributed by atoms with Gasteiger partial charge in [0.2, 0.25) is 0 Å². The summed E-state index contributed by atoms with van der Waals surface area (Å²) in [6, 6.07) is 17.4. The first-order valence-electron chi connectivity index (χ1n) is 9.17. The van der Waals surface area contributed by atoms with Crippen LogP contribution in [-0.2, 0) is 14.6 Å². The number of sulfone groups is 1. The molecule has 1 atom stereocenters. The monoisotopic (exact) mass is 413 g/mol. The van der Waals surface area contributed by atoms with Crippen LogP contribution in [-0.4, -0.2) is 27.5 Å². The summed E-state index contributed by atoms with van der Waals surface area (Å²) < 4.78 is 37.5. The van der Waals surface area contributed by atoms with Gasteiger partial charge in [-0.1, -0.05) is 30.3 Å². The van der Waals surface area contributed by atoms with Gasteiger partial charge in [-0.05, 0) is 55.3 Å². The lowest BCUT2D eigenvalue weighted by Crippen LogP contribution is -2.35. The van der Waals surface area contributed by atoms with Crippen molar-refractivity contribution in [2.45, 2.75) is 24.0 Å². The van der Waals surface area contributed by atoms with Gasteiger partial charge in [0, 0.05) is 6.54 Å². The fourth-order valence-corrected chi connectivity index (χ4v) is 4.84. The van der Waals surface area contributed by atoms with E-state index in [1.54, 1.807) is 55.5 Å². The molecule has 0 aliphatic carbocycles. The molecule has 0 radical (unpaired) electrons. The molecule has 152 valence electrons. The number of hydrogen-bond acceptors (Lipinski definition) is 5. The van der Waals surface area contributed by atoms with E-state index in [0.717, 1.165) is 5.56 Å². The molecule has 3 aromatic rings. The van der Waals surface area contributed by atoms with Crippen LogP contribution in [0.4, 0.5) is 0 Å². The molecule has 1 heterocycles. The Labute approximate surface area is 170 Å². The van der Waals surface area contributed by atoms with E-state index in [2.05, 4.69) is 5.32 Å². The van der Waals surface area contributed by atoms with Crippen molar-refractivity contribution in [3.63, 3.8) is 0 Å². The van der Waals surface area contributed by atoms with Gasteiger partial charge in [-0.25, -0.2) is 8.42 Å². The van der Waals surface area contributed by atoms with Gasteiger partial charge in [-0.15, -0.1) is 0 Å². The number of furan rings is 1. The quantitative estimate of drug-likeness (QED) is 0.610. The van der Waals surface area contributed by atoms with Crippen LogP contribution in [0.15, 0.2) is 76.2 Å². The largest absolute Gasteiger partial charge is 0.484 e. The molecule has 6 nitrogen and oxygen atoms in total. The Balaban J connectivity index is 1.76. The molecule has 0 bridgehead atoms. The van der Waals surface area contributed by atoms with Crippen LogP contribution in [0, 0.1) is 13.8 Å². The maximum absolute atomic E-state index is 13.4. The number of nitrogens with one attached hydrogen (secondary N) is 1. The topological polar surface area (TPSA) is 85.6 Å². The number of benzene rings is 2. The number of ether oxygens (including phenoxy) is 1. The number of rotatable bonds is 8. The van der Waals surface area contributed by atoms with Gasteiger partial charge in [-0.2, -0.15) is 0 Å². The Hall–Kier alpha value is -3.06. The zero-order chi connectivity index (χ0) is 20.9. The second kappa shape index (κ2) is 8.96. The Bertz CT molecular complexity index is 1060. The second-order valence-electron chi connectivity index (χ2n) is 6.72. The maximum atomic E-state index is 13.4. The van der Waals surface area contributed by atoms with E-state index >= 15 is 0 Å². The van der Waals surface area contributed by atoms with Crippen LogP contribution in [0.25, 0.3) is 0 Å². The summed E-state index contributed by atoms with van der Waals surface area (Å²) in [6.45, 7) is 3.25. The number of carbonyl (C=O) groups excluding carboxylic acids is 1. The van der Waals surface area contributed by atoms with Crippen molar-refractivity contribution in [1.82, 2.24) is 5.32 Å². The molecule has 0 saturated heterocycles. The van der Waals surface area contributed by atoms with Crippen LogP contribution in [0.2, 0.25) is 0 Å². The molecule has 0 saturated carbocycles. The fourth-order valence-electron chi connectivity index (χ4n) is 2.93. The smallest absolute Gasteiger partial charge is 0.257 e. The molecule has 29 heavy (non-hydrogen) atoms. The first kappa shape index (κ1) is 20.7. The molecule has 1 amide bonds. The summed E-state index contributed by atoms with van der Waals surface area (Å²) in [5.41, 5.74) is 1.48. The van der Waals surface area contributed by atoms with Crippen LogP contribution >= 0.6 is 0 Å². The number of amides is 1. The minimum atomic E-state index is -3.79. The predicted octanol–water partition coefficient (Wildman–Crippen LogP) is 3.61. The predicted molar refractivity (Wildman–Crippen MR) is 109 cm³/mol. The number of para-hydroxylation sites is 1. The van der Waals surface area contributed by atoms with Gasteiger partial charge in [-0.3, -0.25) is 4.79 Å². The standard InChI is InChI=1S/C22H23NO5S/c1-16-10-11-17(2)20(13-16)29(25,26)21(19-9-6-12-27-19)14-23-22(24)15-28-18-7-4-3-5-8-18/h3-13,21H,14-15H2,1-2H3,(H,23,24)/t21-/m0/s1. The molecule has 1 aromatic heterocycles. The van der Waals surface area contributed by atoms with Crippen molar-refractivity contribution in [3.8, 4) is 5.75 Å². The van der Waals surface area contributed by atoms with Crippen molar-refractivity contribution in [2.75, 3.05) is 13.2 Å². The van der Waals surface area contributed by atoms with E-state index in [9.17, 15) is 13.2 Å². The lowest BCUT2D eigenvalue weighted by Gasteiger charge is -2.18. The maximum Gasteiger partial charge on any atom is 0.257 e. The van der Waals surface area contributed by atoms with Crippen LogP contribution in [0.3, 0.4) is 0 Å². The first-order chi connectivity index (χ1) is 13.9. The summed E-state index contributed by atoms with van der Waals surface area (Å²) >= 11 is 0. The van der Waals surface area contributed by atoms with Gasteiger partial charge in [0.15, 0.2) is 16.4 Å². The SMILES string of the molecule is Cc1ccc(C)c(S(=O)(=O)[C@@H](CNC(=O)COc2ccccc2)c2ccco2)c1. The number of aryl methyl sites for hydroxylation is 2. The van der Waals surface area contributed by atoms with Crippen molar-refractivity contribution >= 4 is 15.7 Å². The highest BCUT2D eigenvalue weighted by atomic mass is 32.2. The molecular formula is C22H23NO5S. The highest BCUT2D eigenvalue weighted by Crippen LogP contribution is 2.31. The molecule has 0 unspecified atom stereocenters. The Morgan fingerprint density at radius 1 is 1.07 bits per heavy atom. The second-order valence-corrected chi connectivity index (χ2v) is 8.82. The van der Waals surface area contributed by atoms with Crippen LogP contribution < -0.4 is 10.1 Å². The fraction of sp³-hybridized carbons (Fsp3) is 0.227. The third-order valence-corrected chi connectivity index (χ3v) is 6.68. The van der Waals surface area contributed by atoms with Crippen LogP contribution in [0.5, 0.6) is 5.75 Å². The van der Waals surface area contributed by atoms with Crippen LogP contribution in [0.1, 0.15) is 22.1 Å². The summed E-state index contributed by atoms with van der Waals surface area (Å²) in [4.78, 5) is 12.4. The van der Waals surface area contributed by atoms with Gasteiger partial charge in [0.1, 0.15) is 16.8 Å². The average Bonchev–Trinajstić information content (AvgIpc) is 3.23. The Morgan fingerprint density at radius 3 is 2.52 bits per heavy atom. The van der Waals surface area contributed by atoms with Gasteiger partial charge in [0.25, 0.3) is 5.91 Å². The minimum Gasteiger partial charge on any atom is -0.484 e. The zero-order valence-electron chi connectivity index (χ0n) is 16.3. The molecular weight excluding hydrogens is 390 g/mol. The lowest BCUT2D eigenvalue weighted by molar-refractivity contribution is -0.123. The Morgan fingerprint density at radius 2 is 1.83 bits per heavy atom. The summed E-state index contributed by atoms with van der Waals surface area (Å²) in [5.74, 6) is 0.421. The van der Waals surface area contributed by atoms with E-state index in [1.807, 2.05) is 19.1 Å². The normalized spacial score (nSPS) is 12.3. The molecule has 0 fully saturated rings. The molecule has 1 N–H and O–H groups in total. The van der Waals surface area contributed by atoms with E-state index in [4.69, 9.17) is 9.15 Å². The van der Waals surface area contributed by atoms with Crippen molar-refractivity contribution in [2.24, 2.45) is 0 Å². The first-order valence-corrected chi connectivity index (χ1v) is 10.7. The lowest BCUT2D eigenvalue weighted by atomic mass is 10.2. The van der Waals surface area contributed by atoms with Gasteiger partial charge in [0.05, 0.1) is 11.2 Å². The molecule has 3 rings (SSSR count). The van der Waals surface area contributed by atoms with Gasteiger partial charge < -0.3 is 14.5 Å². The number of carbonyl (C=O) groups is 1. The van der Waals surface area contributed by atoms with Gasteiger partial charge >= 0.3 is 0 Å². The molecule has 0 aliphatic rings. The average molecular weight is 413 g/mol. The van der Waals surface area contributed by atoms with Crippen molar-refractivity contribution < 1.29 is 22.4 Å². The summed E-state index contributed by atoms with van der Waals surface area (Å²) in [6.07, 6.45) is 1.42. The number of hydrogen-bond donors (Lipinski definition) is 1. The molecule has 0 spiro atoms. The summed E-state index contributed by atoms with van der Waals surface area (Å²) in [5, 5.41) is 1.61. The minimum absolute atomic E-state index is 0.125. The third-order valence-electron chi connectivity index (χ3n) is 4.48.